The fraction of sp³-hybridized carbons (Fsp3) is 0.579. The van der Waals surface area contributed by atoms with E-state index in [9.17, 15) is 8.42 Å². The number of halogens is 1. The fourth-order valence-corrected chi connectivity index (χ4v) is 6.04. The number of hydrogen-bond donors (Lipinski definition) is 2. The first-order valence-electron chi connectivity index (χ1n) is 9.89. The molecule has 1 fully saturated rings. The molecule has 2 aromatic rings. The number of rotatable bonds is 7. The Kier molecular flexibility index (Phi) is 9.57. The summed E-state index contributed by atoms with van der Waals surface area (Å²) < 4.78 is 32.9. The number of aromatic nitrogens is 1. The number of aliphatic imine (C=N–C) groups is 1. The Bertz CT molecular complexity index is 934. The molecule has 8 nitrogen and oxygen atoms in total. The van der Waals surface area contributed by atoms with E-state index in [4.69, 9.17) is 4.52 Å². The molecule has 0 aliphatic carbocycles. The predicted octanol–water partition coefficient (Wildman–Crippen LogP) is 3.52. The number of piperidine rings is 1. The van der Waals surface area contributed by atoms with Crippen molar-refractivity contribution >= 4 is 51.3 Å². The molecule has 168 valence electrons. The van der Waals surface area contributed by atoms with Gasteiger partial charge in [-0.15, -0.1) is 35.3 Å². The minimum atomic E-state index is -3.38. The molecule has 30 heavy (non-hydrogen) atoms. The molecule has 0 atom stereocenters. The molecule has 0 amide bonds. The van der Waals surface area contributed by atoms with Crippen molar-refractivity contribution in [2.24, 2.45) is 4.99 Å². The van der Waals surface area contributed by atoms with Gasteiger partial charge in [-0.3, -0.25) is 4.99 Å². The maximum atomic E-state index is 12.8. The molecular formula is C19H30IN5O3S2. The van der Waals surface area contributed by atoms with Gasteiger partial charge in [0, 0.05) is 31.1 Å². The smallest absolute Gasteiger partial charge is 0.252 e. The van der Waals surface area contributed by atoms with Gasteiger partial charge in [-0.05, 0) is 30.9 Å². The van der Waals surface area contributed by atoms with Crippen LogP contribution in [-0.2, 0) is 23.1 Å². The third kappa shape index (κ3) is 6.41. The summed E-state index contributed by atoms with van der Waals surface area (Å²) in [5, 5.41) is 10.4. The average Bonchev–Trinajstić information content (AvgIpc) is 3.39. The third-order valence-electron chi connectivity index (χ3n) is 4.80. The van der Waals surface area contributed by atoms with Crippen molar-refractivity contribution in [3.05, 3.63) is 34.5 Å². The van der Waals surface area contributed by atoms with Gasteiger partial charge in [-0.2, -0.15) is 4.31 Å². The maximum absolute atomic E-state index is 12.8. The lowest BCUT2D eigenvalue weighted by Gasteiger charge is -2.25. The number of nitrogens with one attached hydrogen (secondary N) is 2. The first-order valence-corrected chi connectivity index (χ1v) is 12.1. The van der Waals surface area contributed by atoms with E-state index in [1.807, 2.05) is 12.1 Å². The van der Waals surface area contributed by atoms with E-state index in [-0.39, 0.29) is 24.0 Å². The largest absolute Gasteiger partial charge is 0.359 e. The normalized spacial score (nSPS) is 15.8. The Morgan fingerprint density at radius 2 is 1.93 bits per heavy atom. The van der Waals surface area contributed by atoms with Crippen LogP contribution in [-0.4, -0.2) is 44.0 Å². The molecule has 3 heterocycles. The highest BCUT2D eigenvalue weighted by Crippen LogP contribution is 2.27. The van der Waals surface area contributed by atoms with Crippen LogP contribution < -0.4 is 10.6 Å². The van der Waals surface area contributed by atoms with Crippen molar-refractivity contribution in [1.82, 2.24) is 20.1 Å². The summed E-state index contributed by atoms with van der Waals surface area (Å²) in [6.07, 6.45) is 2.97. The molecule has 2 aromatic heterocycles. The third-order valence-corrected chi connectivity index (χ3v) is 8.25. The molecule has 0 aromatic carbocycles. The van der Waals surface area contributed by atoms with Crippen molar-refractivity contribution in [1.29, 1.82) is 0 Å². The van der Waals surface area contributed by atoms with E-state index in [2.05, 4.69) is 34.6 Å². The van der Waals surface area contributed by atoms with Gasteiger partial charge in [0.2, 0.25) is 0 Å². The van der Waals surface area contributed by atoms with Crippen molar-refractivity contribution in [3.8, 4) is 0 Å². The van der Waals surface area contributed by atoms with E-state index in [1.54, 1.807) is 17.4 Å². The second-order valence-corrected chi connectivity index (χ2v) is 10.7. The lowest BCUT2D eigenvalue weighted by atomic mass is 10.1. The van der Waals surface area contributed by atoms with Crippen LogP contribution in [0.4, 0.5) is 0 Å². The van der Waals surface area contributed by atoms with E-state index < -0.39 is 10.0 Å². The topological polar surface area (TPSA) is 99.8 Å². The Hall–Kier alpha value is -1.18. The molecule has 0 spiro atoms. The molecule has 0 bridgehead atoms. The van der Waals surface area contributed by atoms with Gasteiger partial charge in [0.15, 0.2) is 11.7 Å². The molecular weight excluding hydrogens is 537 g/mol. The van der Waals surface area contributed by atoms with Crippen LogP contribution in [0.25, 0.3) is 0 Å². The second-order valence-electron chi connectivity index (χ2n) is 7.34. The molecule has 11 heteroatoms. The summed E-state index contributed by atoms with van der Waals surface area (Å²) >= 11 is 1.30. The SMILES string of the molecule is CN=C(NCc1cc(C(C)C)no1)NCc1ccc(S(=O)(=O)N2CCCCC2)s1.I. The fourth-order valence-electron chi connectivity index (χ4n) is 3.07. The minimum absolute atomic E-state index is 0. The summed E-state index contributed by atoms with van der Waals surface area (Å²) in [6, 6.07) is 5.48. The van der Waals surface area contributed by atoms with Crippen molar-refractivity contribution < 1.29 is 12.9 Å². The van der Waals surface area contributed by atoms with Crippen LogP contribution in [0.2, 0.25) is 0 Å². The van der Waals surface area contributed by atoms with E-state index in [0.717, 1.165) is 35.6 Å². The van der Waals surface area contributed by atoms with Gasteiger partial charge in [-0.1, -0.05) is 25.4 Å². The highest BCUT2D eigenvalue weighted by atomic mass is 127. The summed E-state index contributed by atoms with van der Waals surface area (Å²) in [6.45, 7) is 6.33. The maximum Gasteiger partial charge on any atom is 0.252 e. The summed E-state index contributed by atoms with van der Waals surface area (Å²) in [5.74, 6) is 1.67. The number of hydrogen-bond acceptors (Lipinski definition) is 6. The molecule has 3 rings (SSSR count). The molecule has 1 aliphatic heterocycles. The van der Waals surface area contributed by atoms with E-state index >= 15 is 0 Å². The summed E-state index contributed by atoms with van der Waals surface area (Å²) in [5.41, 5.74) is 0.922. The minimum Gasteiger partial charge on any atom is -0.359 e. The van der Waals surface area contributed by atoms with Crippen LogP contribution in [0.1, 0.15) is 55.4 Å². The lowest BCUT2D eigenvalue weighted by Crippen LogP contribution is -2.36. The highest BCUT2D eigenvalue weighted by molar-refractivity contribution is 14.0. The zero-order chi connectivity index (χ0) is 20.9. The number of guanidine groups is 1. The molecule has 0 unspecified atom stereocenters. The molecule has 2 N–H and O–H groups in total. The van der Waals surface area contributed by atoms with Crippen LogP contribution in [0.15, 0.2) is 31.9 Å². The summed E-state index contributed by atoms with van der Waals surface area (Å²) in [4.78, 5) is 5.14. The van der Waals surface area contributed by atoms with Crippen LogP contribution in [0.3, 0.4) is 0 Å². The first kappa shape index (κ1) is 25.1. The van der Waals surface area contributed by atoms with E-state index in [0.29, 0.717) is 42.3 Å². The van der Waals surface area contributed by atoms with Crippen molar-refractivity contribution in [3.63, 3.8) is 0 Å². The molecule has 1 saturated heterocycles. The zero-order valence-corrected chi connectivity index (χ0v) is 21.5. The number of nitrogens with zero attached hydrogens (tertiary/aromatic N) is 3. The van der Waals surface area contributed by atoms with Crippen molar-refractivity contribution in [2.75, 3.05) is 20.1 Å². The zero-order valence-electron chi connectivity index (χ0n) is 17.6. The van der Waals surface area contributed by atoms with Gasteiger partial charge in [0.1, 0.15) is 4.21 Å². The van der Waals surface area contributed by atoms with Gasteiger partial charge in [-0.25, -0.2) is 8.42 Å². The van der Waals surface area contributed by atoms with Crippen LogP contribution in [0, 0.1) is 0 Å². The standard InChI is InChI=1S/C19H29N5O3S2.HI/c1-14(2)17-11-15(27-23-17)12-21-19(20-3)22-13-16-7-8-18(28-16)29(25,26)24-9-5-4-6-10-24;/h7-8,11,14H,4-6,9-10,12-13H2,1-3H3,(H2,20,21,22);1H. The van der Waals surface area contributed by atoms with Crippen molar-refractivity contribution in [2.45, 2.75) is 56.3 Å². The quantitative estimate of drug-likeness (QED) is 0.302. The van der Waals surface area contributed by atoms with Crippen LogP contribution >= 0.6 is 35.3 Å². The van der Waals surface area contributed by atoms with Gasteiger partial charge < -0.3 is 15.2 Å². The van der Waals surface area contributed by atoms with E-state index in [1.165, 1.54) is 11.3 Å². The second kappa shape index (κ2) is 11.4. The molecule has 1 aliphatic rings. The van der Waals surface area contributed by atoms with Gasteiger partial charge >= 0.3 is 0 Å². The monoisotopic (exact) mass is 567 g/mol. The Balaban J connectivity index is 0.00000320. The van der Waals surface area contributed by atoms with Gasteiger partial charge in [0.25, 0.3) is 10.0 Å². The predicted molar refractivity (Wildman–Crippen MR) is 130 cm³/mol. The first-order chi connectivity index (χ1) is 13.9. The Labute approximate surface area is 199 Å². The summed E-state index contributed by atoms with van der Waals surface area (Å²) in [7, 11) is -1.69. The lowest BCUT2D eigenvalue weighted by molar-refractivity contribution is 0.347. The molecule has 0 saturated carbocycles. The number of thiophene rings is 1. The average molecular weight is 568 g/mol. The Morgan fingerprint density at radius 1 is 1.23 bits per heavy atom. The number of sulfonamides is 1. The van der Waals surface area contributed by atoms with Gasteiger partial charge in [0.05, 0.1) is 18.8 Å². The van der Waals surface area contributed by atoms with Crippen LogP contribution in [0.5, 0.6) is 0 Å². The highest BCUT2D eigenvalue weighted by Gasteiger charge is 2.27. The molecule has 0 radical (unpaired) electrons. The Morgan fingerprint density at radius 3 is 2.57 bits per heavy atom.